The number of benzene rings is 1. The summed E-state index contributed by atoms with van der Waals surface area (Å²) in [4.78, 5) is 2.44. The highest BCUT2D eigenvalue weighted by Gasteiger charge is 2.34. The van der Waals surface area contributed by atoms with Crippen LogP contribution in [0.3, 0.4) is 0 Å². The van der Waals surface area contributed by atoms with E-state index in [1.165, 1.54) is 50.7 Å². The molecule has 110 valence electrons. The predicted molar refractivity (Wildman–Crippen MR) is 79.4 cm³/mol. The van der Waals surface area contributed by atoms with Crippen LogP contribution in [0.15, 0.2) is 18.2 Å². The van der Waals surface area contributed by atoms with Crippen molar-refractivity contribution < 1.29 is 9.50 Å². The number of hydrogen-bond donors (Lipinski definition) is 1. The lowest BCUT2D eigenvalue weighted by Crippen LogP contribution is -2.47. The van der Waals surface area contributed by atoms with E-state index in [2.05, 4.69) is 4.90 Å². The highest BCUT2D eigenvalue weighted by atomic mass is 19.1. The van der Waals surface area contributed by atoms with Gasteiger partial charge in [-0.05, 0) is 56.7 Å². The molecule has 3 rings (SSSR count). The van der Waals surface area contributed by atoms with Gasteiger partial charge < -0.3 is 10.0 Å². The number of piperidine rings is 1. The summed E-state index contributed by atoms with van der Waals surface area (Å²) in [6, 6.07) is 5.45. The second kappa shape index (κ2) is 5.72. The normalized spacial score (nSPS) is 28.1. The molecule has 20 heavy (non-hydrogen) atoms. The Hall–Kier alpha value is -1.09. The number of aliphatic hydroxyl groups excluding tert-OH is 1. The largest absolute Gasteiger partial charge is 0.389 e. The third-order valence-electron chi connectivity index (χ3n) is 4.99. The molecule has 0 amide bonds. The lowest BCUT2D eigenvalue weighted by molar-refractivity contribution is 0.197. The van der Waals surface area contributed by atoms with Crippen molar-refractivity contribution in [1.29, 1.82) is 0 Å². The van der Waals surface area contributed by atoms with Crippen LogP contribution in [0.25, 0.3) is 0 Å². The molecule has 3 heteroatoms. The second-order valence-corrected chi connectivity index (χ2v) is 6.33. The predicted octanol–water partition coefficient (Wildman–Crippen LogP) is 4.04. The van der Waals surface area contributed by atoms with Gasteiger partial charge in [0.25, 0.3) is 0 Å². The summed E-state index contributed by atoms with van der Waals surface area (Å²) in [6.45, 7) is 2.76. The number of fused-ring (bicyclic) bond motifs is 1. The van der Waals surface area contributed by atoms with Crippen molar-refractivity contribution >= 4 is 5.69 Å². The molecular formula is C17H24FNO. The van der Waals surface area contributed by atoms with Gasteiger partial charge in [0.15, 0.2) is 0 Å². The number of anilines is 1. The van der Waals surface area contributed by atoms with Gasteiger partial charge in [0.2, 0.25) is 0 Å². The smallest absolute Gasteiger partial charge is 0.123 e. The average Bonchev–Trinajstić information content (AvgIpc) is 2.46. The van der Waals surface area contributed by atoms with E-state index in [-0.39, 0.29) is 5.82 Å². The molecule has 1 saturated heterocycles. The van der Waals surface area contributed by atoms with Crippen molar-refractivity contribution in [3.05, 3.63) is 29.6 Å². The maximum atomic E-state index is 13.5. The van der Waals surface area contributed by atoms with Gasteiger partial charge in [-0.2, -0.15) is 0 Å². The van der Waals surface area contributed by atoms with E-state index in [9.17, 15) is 9.50 Å². The van der Waals surface area contributed by atoms with Crippen LogP contribution in [0.1, 0.15) is 57.1 Å². The molecule has 3 atom stereocenters. The summed E-state index contributed by atoms with van der Waals surface area (Å²) < 4.78 is 13.5. The zero-order valence-corrected chi connectivity index (χ0v) is 12.2. The molecule has 1 aliphatic carbocycles. The maximum absolute atomic E-state index is 13.5. The van der Waals surface area contributed by atoms with Gasteiger partial charge in [0.1, 0.15) is 5.82 Å². The van der Waals surface area contributed by atoms with E-state index in [1.54, 1.807) is 6.92 Å². The summed E-state index contributed by atoms with van der Waals surface area (Å²) in [5, 5.41) is 9.96. The van der Waals surface area contributed by atoms with Crippen LogP contribution in [0.5, 0.6) is 0 Å². The van der Waals surface area contributed by atoms with Gasteiger partial charge >= 0.3 is 0 Å². The van der Waals surface area contributed by atoms with Gasteiger partial charge in [0.05, 0.1) is 6.10 Å². The van der Waals surface area contributed by atoms with E-state index in [0.29, 0.717) is 6.04 Å². The van der Waals surface area contributed by atoms with Crippen LogP contribution in [0.4, 0.5) is 10.1 Å². The van der Waals surface area contributed by atoms with Crippen molar-refractivity contribution in [2.75, 3.05) is 11.4 Å². The Morgan fingerprint density at radius 1 is 1.20 bits per heavy atom. The molecule has 0 bridgehead atoms. The van der Waals surface area contributed by atoms with Gasteiger partial charge in [-0.15, -0.1) is 0 Å². The highest BCUT2D eigenvalue weighted by Crippen LogP contribution is 2.40. The van der Waals surface area contributed by atoms with Crippen molar-refractivity contribution in [3.63, 3.8) is 0 Å². The minimum Gasteiger partial charge on any atom is -0.389 e. The van der Waals surface area contributed by atoms with Crippen LogP contribution in [0, 0.1) is 11.7 Å². The SMILES string of the molecule is CC(O)c1cc(F)ccc1N1CCCC2CCCCC21. The summed E-state index contributed by atoms with van der Waals surface area (Å²) in [5.41, 5.74) is 1.77. The molecule has 2 aliphatic rings. The van der Waals surface area contributed by atoms with Crippen molar-refractivity contribution in [2.45, 2.75) is 57.6 Å². The Bertz CT molecular complexity index is 472. The molecule has 1 heterocycles. The maximum Gasteiger partial charge on any atom is 0.123 e. The quantitative estimate of drug-likeness (QED) is 0.882. The van der Waals surface area contributed by atoms with Gasteiger partial charge in [-0.25, -0.2) is 4.39 Å². The van der Waals surface area contributed by atoms with Crippen LogP contribution >= 0.6 is 0 Å². The van der Waals surface area contributed by atoms with Crippen LogP contribution in [-0.4, -0.2) is 17.7 Å². The molecule has 2 nitrogen and oxygen atoms in total. The fraction of sp³-hybridized carbons (Fsp3) is 0.647. The number of halogens is 1. The molecule has 1 aromatic carbocycles. The standard InChI is InChI=1S/C17H24FNO/c1-12(20)15-11-14(18)8-9-17(15)19-10-4-6-13-5-2-3-7-16(13)19/h8-9,11-13,16,20H,2-7,10H2,1H3. The highest BCUT2D eigenvalue weighted by molar-refractivity contribution is 5.56. The molecule has 0 spiro atoms. The first-order valence-electron chi connectivity index (χ1n) is 7.91. The average molecular weight is 277 g/mol. The summed E-state index contributed by atoms with van der Waals surface area (Å²) in [5.74, 6) is 0.520. The Labute approximate surface area is 120 Å². The Morgan fingerprint density at radius 2 is 1.95 bits per heavy atom. The summed E-state index contributed by atoms with van der Waals surface area (Å²) >= 11 is 0. The molecule has 2 fully saturated rings. The Balaban J connectivity index is 1.94. The Morgan fingerprint density at radius 3 is 2.75 bits per heavy atom. The zero-order valence-electron chi connectivity index (χ0n) is 12.2. The fourth-order valence-electron chi connectivity index (χ4n) is 4.05. The topological polar surface area (TPSA) is 23.5 Å². The molecule has 1 N–H and O–H groups in total. The number of rotatable bonds is 2. The van der Waals surface area contributed by atoms with Crippen molar-refractivity contribution in [2.24, 2.45) is 5.92 Å². The lowest BCUT2D eigenvalue weighted by Gasteiger charge is -2.46. The molecule has 1 saturated carbocycles. The fourth-order valence-corrected chi connectivity index (χ4v) is 4.05. The number of nitrogens with zero attached hydrogens (tertiary/aromatic N) is 1. The Kier molecular flexibility index (Phi) is 3.97. The molecule has 1 aliphatic heterocycles. The second-order valence-electron chi connectivity index (χ2n) is 6.33. The van der Waals surface area contributed by atoms with Gasteiger partial charge in [0, 0.05) is 23.8 Å². The van der Waals surface area contributed by atoms with Crippen molar-refractivity contribution in [3.8, 4) is 0 Å². The van der Waals surface area contributed by atoms with Gasteiger partial charge in [-0.3, -0.25) is 0 Å². The minimum atomic E-state index is -0.621. The monoisotopic (exact) mass is 277 g/mol. The third-order valence-corrected chi connectivity index (χ3v) is 4.99. The third kappa shape index (κ3) is 2.56. The minimum absolute atomic E-state index is 0.262. The molecule has 0 radical (unpaired) electrons. The lowest BCUT2D eigenvalue weighted by atomic mass is 9.78. The van der Waals surface area contributed by atoms with E-state index in [1.807, 2.05) is 6.07 Å². The molecule has 3 unspecified atom stereocenters. The van der Waals surface area contributed by atoms with Crippen molar-refractivity contribution in [1.82, 2.24) is 0 Å². The van der Waals surface area contributed by atoms with E-state index >= 15 is 0 Å². The first-order valence-corrected chi connectivity index (χ1v) is 7.91. The van der Waals surface area contributed by atoms with E-state index < -0.39 is 6.10 Å². The first-order chi connectivity index (χ1) is 9.66. The van der Waals surface area contributed by atoms with Crippen LogP contribution < -0.4 is 4.90 Å². The molecular weight excluding hydrogens is 253 g/mol. The summed E-state index contributed by atoms with van der Waals surface area (Å²) in [6.07, 6.45) is 7.12. The molecule has 1 aromatic rings. The number of hydrogen-bond acceptors (Lipinski definition) is 2. The van der Waals surface area contributed by atoms with Crippen LogP contribution in [-0.2, 0) is 0 Å². The summed E-state index contributed by atoms with van der Waals surface area (Å²) in [7, 11) is 0. The van der Waals surface area contributed by atoms with E-state index in [0.717, 1.165) is 23.7 Å². The number of aliphatic hydroxyl groups is 1. The van der Waals surface area contributed by atoms with Gasteiger partial charge in [-0.1, -0.05) is 12.8 Å². The molecule has 0 aromatic heterocycles. The van der Waals surface area contributed by atoms with E-state index in [4.69, 9.17) is 0 Å². The first kappa shape index (κ1) is 13.9. The zero-order chi connectivity index (χ0) is 14.1. The van der Waals surface area contributed by atoms with Crippen LogP contribution in [0.2, 0.25) is 0 Å².